The molecule has 2 aliphatic heterocycles. The monoisotopic (exact) mass is 948 g/mol. The molecule has 3 aromatic rings. The molecule has 2 atom stereocenters. The van der Waals surface area contributed by atoms with Crippen molar-refractivity contribution >= 4 is 115 Å². The third-order valence-electron chi connectivity index (χ3n) is 8.25. The Bertz CT molecular complexity index is 1570. The van der Waals surface area contributed by atoms with Gasteiger partial charge in [-0.2, -0.15) is 0 Å². The molecular formula is C40H62F2S4Sn2. The molecule has 8 radical (unpaired) electrons. The Hall–Kier alpha value is -0.183. The number of unbranched alkanes of at least 4 members (excludes halogenated alkanes) is 2. The summed E-state index contributed by atoms with van der Waals surface area (Å²) in [4.78, 5) is 3.67. The zero-order valence-electron chi connectivity index (χ0n) is 24.9. The minimum Gasteiger partial charge on any atom is -0.206 e. The van der Waals surface area contributed by atoms with Crippen LogP contribution in [0.4, 0.5) is 8.78 Å². The van der Waals surface area contributed by atoms with E-state index in [2.05, 4.69) is 37.7 Å². The summed E-state index contributed by atoms with van der Waals surface area (Å²) in [5.41, 5.74) is 4.33. The molecule has 2 unspecified atom stereocenters. The first-order valence-electron chi connectivity index (χ1n) is 14.8. The van der Waals surface area contributed by atoms with Crippen LogP contribution < -0.4 is 0 Å². The Labute approximate surface area is 343 Å². The van der Waals surface area contributed by atoms with Gasteiger partial charge in [-0.3, -0.25) is 0 Å². The molecule has 0 spiro atoms. The third-order valence-corrected chi connectivity index (χ3v) is 12.3. The van der Waals surface area contributed by atoms with Crippen molar-refractivity contribution in [3.63, 3.8) is 0 Å². The fourth-order valence-electron chi connectivity index (χ4n) is 5.76. The van der Waals surface area contributed by atoms with Gasteiger partial charge in [0.1, 0.15) is 11.6 Å². The predicted octanol–water partition coefficient (Wildman–Crippen LogP) is 14.8. The average molecular weight is 947 g/mol. The van der Waals surface area contributed by atoms with Crippen molar-refractivity contribution in [2.24, 2.45) is 11.8 Å². The first-order chi connectivity index (χ1) is 19.5. The molecule has 0 fully saturated rings. The van der Waals surface area contributed by atoms with E-state index in [1.54, 1.807) is 56.7 Å². The zero-order valence-corrected chi connectivity index (χ0v) is 33.9. The molecule has 1 aromatic carbocycles. The van der Waals surface area contributed by atoms with Crippen molar-refractivity contribution in [3.8, 4) is 20.9 Å². The largest absolute Gasteiger partial charge is 0.206 e. The number of fused-ring (bicyclic) bond motifs is 2. The van der Waals surface area contributed by atoms with Crippen molar-refractivity contribution in [1.82, 2.24) is 0 Å². The van der Waals surface area contributed by atoms with Crippen molar-refractivity contribution < 1.29 is 8.78 Å². The Kier molecular flexibility index (Phi) is 29.2. The maximum atomic E-state index is 15.3. The van der Waals surface area contributed by atoms with E-state index in [0.29, 0.717) is 11.8 Å². The number of halogens is 2. The summed E-state index contributed by atoms with van der Waals surface area (Å²) in [6, 6.07) is 3.48. The minimum absolute atomic E-state index is 0. The quantitative estimate of drug-likeness (QED) is 0.0769. The maximum Gasteiger partial charge on any atom is 0.137 e. The Morgan fingerprint density at radius 3 is 1.27 bits per heavy atom. The normalized spacial score (nSPS) is 12.0. The van der Waals surface area contributed by atoms with Gasteiger partial charge in [0.2, 0.25) is 0 Å². The van der Waals surface area contributed by atoms with Crippen LogP contribution in [0.1, 0.15) is 145 Å². The van der Waals surface area contributed by atoms with Gasteiger partial charge in [0.05, 0.1) is 9.02 Å². The first-order valence-corrected chi connectivity index (χ1v) is 18.1. The summed E-state index contributed by atoms with van der Waals surface area (Å²) in [5, 5.41) is 6.70. The molecule has 4 heterocycles. The smallest absolute Gasteiger partial charge is 0.137 e. The van der Waals surface area contributed by atoms with Gasteiger partial charge < -0.3 is 0 Å². The molecule has 8 heteroatoms. The van der Waals surface area contributed by atoms with Crippen LogP contribution in [0.5, 0.6) is 0 Å². The SMILES string of the molecule is C.C.C.C.C.C.CCCCC(CC)Cc1sc(-c2c3c(c(-c4cc(F)c(CC(CC)CCCC)s4)c4c2=S=C=C4)=S=C=C3)cc1F.[Sn].[Sn]. The molecule has 2 aromatic heterocycles. The summed E-state index contributed by atoms with van der Waals surface area (Å²) >= 11 is 3.20. The second-order valence-electron chi connectivity index (χ2n) is 11.0. The topological polar surface area (TPSA) is 0 Å². The average Bonchev–Trinajstić information content (AvgIpc) is 3.75. The second-order valence-corrected chi connectivity index (χ2v) is 14.9. The van der Waals surface area contributed by atoms with Crippen LogP contribution in [-0.4, -0.2) is 57.9 Å². The first kappa shape index (κ1) is 54.6. The molecule has 0 nitrogen and oxygen atoms in total. The number of hydrogen-bond acceptors (Lipinski definition) is 2. The van der Waals surface area contributed by atoms with Crippen LogP contribution >= 0.6 is 44.6 Å². The van der Waals surface area contributed by atoms with Gasteiger partial charge >= 0.3 is 0 Å². The van der Waals surface area contributed by atoms with Gasteiger partial charge in [-0.25, -0.2) is 8.78 Å². The van der Waals surface area contributed by atoms with E-state index >= 15 is 8.78 Å². The van der Waals surface area contributed by atoms with Gasteiger partial charge in [0, 0.05) is 102 Å². The van der Waals surface area contributed by atoms with Gasteiger partial charge in [0.25, 0.3) is 0 Å². The van der Waals surface area contributed by atoms with Crippen LogP contribution in [0.3, 0.4) is 0 Å². The van der Waals surface area contributed by atoms with Crippen LogP contribution in [0.25, 0.3) is 33.0 Å². The molecule has 0 N–H and O–H groups in total. The number of hydrogen-bond donors (Lipinski definition) is 0. The fourth-order valence-corrected chi connectivity index (χ4v) is 10.1. The van der Waals surface area contributed by atoms with Gasteiger partial charge in [-0.05, 0) is 36.8 Å². The maximum absolute atomic E-state index is 15.3. The van der Waals surface area contributed by atoms with E-state index in [1.807, 2.05) is 12.2 Å². The number of benzene rings is 1. The van der Waals surface area contributed by atoms with Crippen molar-refractivity contribution in [2.45, 2.75) is 136 Å². The van der Waals surface area contributed by atoms with Crippen LogP contribution in [0.2, 0.25) is 0 Å². The molecule has 48 heavy (non-hydrogen) atoms. The van der Waals surface area contributed by atoms with Crippen LogP contribution in [0, 0.1) is 32.5 Å². The van der Waals surface area contributed by atoms with Crippen LogP contribution in [0.15, 0.2) is 12.1 Å². The van der Waals surface area contributed by atoms with E-state index < -0.39 is 0 Å². The van der Waals surface area contributed by atoms with Crippen molar-refractivity contribution in [2.75, 3.05) is 0 Å². The van der Waals surface area contributed by atoms with E-state index in [1.165, 1.54) is 25.7 Å². The molecular weight excluding hydrogens is 884 g/mol. The summed E-state index contributed by atoms with van der Waals surface area (Å²) in [5.74, 6) is 0.868. The summed E-state index contributed by atoms with van der Waals surface area (Å²) in [7, 11) is 3.15. The minimum atomic E-state index is -0.0846. The molecule has 5 rings (SSSR count). The van der Waals surface area contributed by atoms with Crippen molar-refractivity contribution in [3.05, 3.63) is 53.7 Å². The van der Waals surface area contributed by atoms with Gasteiger partial charge in [-0.1, -0.05) is 156 Å². The molecule has 268 valence electrons. The van der Waals surface area contributed by atoms with Crippen molar-refractivity contribution in [1.29, 1.82) is 0 Å². The van der Waals surface area contributed by atoms with E-state index in [4.69, 9.17) is 0 Å². The third kappa shape index (κ3) is 11.9. The molecule has 2 aliphatic rings. The summed E-state index contributed by atoms with van der Waals surface area (Å²) in [6.07, 6.45) is 14.9. The Balaban J connectivity index is -0.00000121. The molecule has 0 bridgehead atoms. The van der Waals surface area contributed by atoms with E-state index in [9.17, 15) is 0 Å². The van der Waals surface area contributed by atoms with Crippen LogP contribution in [-0.2, 0) is 12.8 Å². The Morgan fingerprint density at radius 2 is 0.958 bits per heavy atom. The summed E-state index contributed by atoms with van der Waals surface area (Å²) in [6.45, 7) is 8.86. The molecule has 0 amide bonds. The predicted molar refractivity (Wildman–Crippen MR) is 231 cm³/mol. The molecule has 0 saturated carbocycles. The van der Waals surface area contributed by atoms with E-state index in [0.717, 1.165) is 89.3 Å². The van der Waals surface area contributed by atoms with Gasteiger partial charge in [0.15, 0.2) is 0 Å². The van der Waals surface area contributed by atoms with E-state index in [-0.39, 0.29) is 104 Å². The van der Waals surface area contributed by atoms with Gasteiger partial charge in [-0.15, -0.1) is 22.7 Å². The second kappa shape index (κ2) is 25.7. The zero-order chi connectivity index (χ0) is 28.2. The summed E-state index contributed by atoms with van der Waals surface area (Å²) < 4.78 is 32.9. The standard InChI is InChI=1S/C34H38F2S4.6CH4.2Sn/c1-5-9-11-21(7-3)17-27-25(35)19-29(39-27)31-23-13-15-38-34(23)32(24-14-16-37-33(24)31)30-20-26(36)28(40-30)18-22(8-4)12-10-6-2;;;;;;;;/h13-14,19-22H,5-12,17-18H2,1-4H3;6*1H4;;. The number of rotatable bonds is 14. The number of thiophene rings is 2. The fraction of sp³-hybridized carbons (Fsp3) is 0.550. The molecule has 0 saturated heterocycles. The Morgan fingerprint density at radius 1 is 0.604 bits per heavy atom. The molecule has 0 aliphatic carbocycles.